The highest BCUT2D eigenvalue weighted by molar-refractivity contribution is 7.88. The van der Waals surface area contributed by atoms with Crippen molar-refractivity contribution in [2.75, 3.05) is 25.9 Å². The number of hydrogen-bond acceptors (Lipinski definition) is 7. The number of benzene rings is 1. The number of nitrogens with one attached hydrogen (secondary N) is 3. The number of rotatable bonds is 6. The zero-order valence-corrected chi connectivity index (χ0v) is 16.0. The second kappa shape index (κ2) is 7.81. The molecule has 12 heteroatoms. The van der Waals surface area contributed by atoms with Crippen LogP contribution in [-0.2, 0) is 16.6 Å². The van der Waals surface area contributed by atoms with E-state index in [4.69, 9.17) is 0 Å². The molecular weight excluding hydrogens is 390 g/mol. The molecule has 152 valence electrons. The number of hydrogen-bond donors (Lipinski definition) is 3. The Hall–Kier alpha value is -2.57. The van der Waals surface area contributed by atoms with Crippen molar-refractivity contribution < 1.29 is 13.3 Å². The van der Waals surface area contributed by atoms with E-state index in [9.17, 15) is 28.1 Å². The van der Waals surface area contributed by atoms with Crippen LogP contribution in [0.4, 0.5) is 5.69 Å². The molecular formula is C16H21N5O6S. The molecule has 2 aromatic rings. The zero-order chi connectivity index (χ0) is 20.5. The summed E-state index contributed by atoms with van der Waals surface area (Å²) < 4.78 is 24.9. The van der Waals surface area contributed by atoms with Gasteiger partial charge in [0.05, 0.1) is 22.2 Å². The molecule has 0 radical (unpaired) electrons. The molecule has 1 saturated heterocycles. The molecule has 1 aromatic carbocycles. The molecule has 2 heterocycles. The maximum absolute atomic E-state index is 11.7. The van der Waals surface area contributed by atoms with Crippen LogP contribution in [0.15, 0.2) is 21.7 Å². The molecule has 1 aliphatic rings. The average molecular weight is 411 g/mol. The Labute approximate surface area is 160 Å². The number of non-ortho nitro benzene ring substituents is 1. The lowest BCUT2D eigenvalue weighted by molar-refractivity contribution is -0.384. The van der Waals surface area contributed by atoms with Crippen molar-refractivity contribution in [1.29, 1.82) is 0 Å². The number of sulfonamides is 1. The largest absolute Gasteiger partial charge is 0.316 e. The lowest BCUT2D eigenvalue weighted by Gasteiger charge is -2.32. The van der Waals surface area contributed by atoms with Gasteiger partial charge in [0.25, 0.3) is 5.69 Å². The number of H-pyrrole nitrogens is 2. The molecule has 1 aromatic heterocycles. The van der Waals surface area contributed by atoms with Crippen LogP contribution < -0.4 is 15.8 Å². The van der Waals surface area contributed by atoms with Gasteiger partial charge in [0.1, 0.15) is 0 Å². The fourth-order valence-electron chi connectivity index (χ4n) is 3.37. The van der Waals surface area contributed by atoms with Crippen LogP contribution in [0.25, 0.3) is 11.0 Å². The standard InChI is InChI=1S/C16H21N5O6S/c1-28(26,27)17-8-10-2-4-20(5-3-10)9-11-6-12(21(24)25)7-13-14(11)19-16(23)15(22)18-13/h6-7,10,17H,2-5,8-9H2,1H3,(H,18,22)(H,19,23). The van der Waals surface area contributed by atoms with Crippen molar-refractivity contribution in [2.24, 2.45) is 5.92 Å². The molecule has 1 aliphatic heterocycles. The highest BCUT2D eigenvalue weighted by Gasteiger charge is 2.22. The Bertz CT molecular complexity index is 1110. The van der Waals surface area contributed by atoms with E-state index in [-0.39, 0.29) is 17.1 Å². The van der Waals surface area contributed by atoms with Crippen LogP contribution in [0.3, 0.4) is 0 Å². The van der Waals surface area contributed by atoms with E-state index in [1.165, 1.54) is 12.1 Å². The zero-order valence-electron chi connectivity index (χ0n) is 15.2. The minimum atomic E-state index is -3.22. The van der Waals surface area contributed by atoms with Crippen molar-refractivity contribution in [3.05, 3.63) is 48.5 Å². The summed E-state index contributed by atoms with van der Waals surface area (Å²) in [5.74, 6) is 0.226. The van der Waals surface area contributed by atoms with E-state index in [1.807, 2.05) is 0 Å². The summed E-state index contributed by atoms with van der Waals surface area (Å²) in [5, 5.41) is 11.2. The quantitative estimate of drug-likeness (QED) is 0.340. The summed E-state index contributed by atoms with van der Waals surface area (Å²) in [6.07, 6.45) is 2.69. The van der Waals surface area contributed by atoms with E-state index in [1.54, 1.807) is 0 Å². The van der Waals surface area contributed by atoms with Crippen molar-refractivity contribution >= 4 is 26.7 Å². The number of fused-ring (bicyclic) bond motifs is 1. The monoisotopic (exact) mass is 411 g/mol. The molecule has 3 N–H and O–H groups in total. The molecule has 1 fully saturated rings. The van der Waals surface area contributed by atoms with Gasteiger partial charge >= 0.3 is 11.1 Å². The SMILES string of the molecule is CS(=O)(=O)NCC1CCN(Cc2cc([N+](=O)[O-])cc3[nH]c(=O)c(=O)[nH]c23)CC1. The van der Waals surface area contributed by atoms with Crippen LogP contribution >= 0.6 is 0 Å². The van der Waals surface area contributed by atoms with Crippen molar-refractivity contribution in [3.8, 4) is 0 Å². The summed E-state index contributed by atoms with van der Waals surface area (Å²) in [4.78, 5) is 40.9. The molecule has 0 amide bonds. The Balaban J connectivity index is 1.79. The predicted molar refractivity (Wildman–Crippen MR) is 103 cm³/mol. The van der Waals surface area contributed by atoms with Crippen LogP contribution in [0.1, 0.15) is 18.4 Å². The Morgan fingerprint density at radius 3 is 2.46 bits per heavy atom. The van der Waals surface area contributed by atoms with Crippen molar-refractivity contribution in [2.45, 2.75) is 19.4 Å². The Morgan fingerprint density at radius 1 is 1.21 bits per heavy atom. The number of aromatic amines is 2. The van der Waals surface area contributed by atoms with Crippen molar-refractivity contribution in [3.63, 3.8) is 0 Å². The number of aromatic nitrogens is 2. The molecule has 3 rings (SSSR count). The van der Waals surface area contributed by atoms with Gasteiger partial charge in [0.2, 0.25) is 10.0 Å². The summed E-state index contributed by atoms with van der Waals surface area (Å²) in [5.41, 5.74) is -0.717. The van der Waals surface area contributed by atoms with Crippen LogP contribution in [0.2, 0.25) is 0 Å². The molecule has 0 aliphatic carbocycles. The second-order valence-electron chi connectivity index (χ2n) is 7.03. The van der Waals surface area contributed by atoms with Crippen LogP contribution in [-0.4, -0.2) is 54.1 Å². The van der Waals surface area contributed by atoms with Gasteiger partial charge in [-0.3, -0.25) is 24.6 Å². The summed E-state index contributed by atoms with van der Waals surface area (Å²) in [6.45, 7) is 2.13. The van der Waals surface area contributed by atoms with Crippen LogP contribution in [0, 0.1) is 16.0 Å². The topological polar surface area (TPSA) is 158 Å². The second-order valence-corrected chi connectivity index (χ2v) is 8.87. The first-order valence-corrected chi connectivity index (χ1v) is 10.6. The highest BCUT2D eigenvalue weighted by atomic mass is 32.2. The number of piperidine rings is 1. The van der Waals surface area contributed by atoms with E-state index in [2.05, 4.69) is 19.6 Å². The van der Waals surface area contributed by atoms with Gasteiger partial charge in [-0.05, 0) is 37.4 Å². The molecule has 0 atom stereocenters. The smallest absolute Gasteiger partial charge is 0.314 e. The van der Waals surface area contributed by atoms with Gasteiger partial charge in [-0.25, -0.2) is 13.1 Å². The molecule has 0 spiro atoms. The van der Waals surface area contributed by atoms with E-state index < -0.39 is 26.1 Å². The maximum Gasteiger partial charge on any atom is 0.314 e. The minimum absolute atomic E-state index is 0.169. The lowest BCUT2D eigenvalue weighted by Crippen LogP contribution is -2.38. The maximum atomic E-state index is 11.7. The summed E-state index contributed by atoms with van der Waals surface area (Å²) >= 11 is 0. The summed E-state index contributed by atoms with van der Waals surface area (Å²) in [7, 11) is -3.22. The van der Waals surface area contributed by atoms with Gasteiger partial charge in [-0.1, -0.05) is 0 Å². The van der Waals surface area contributed by atoms with E-state index in [0.29, 0.717) is 37.3 Å². The fraction of sp³-hybridized carbons (Fsp3) is 0.500. The molecule has 0 bridgehead atoms. The molecule has 0 saturated carbocycles. The molecule has 28 heavy (non-hydrogen) atoms. The third-order valence-electron chi connectivity index (χ3n) is 4.84. The number of nitrogens with zero attached hydrogens (tertiary/aromatic N) is 2. The first-order valence-electron chi connectivity index (χ1n) is 8.73. The van der Waals surface area contributed by atoms with E-state index >= 15 is 0 Å². The third kappa shape index (κ3) is 4.82. The third-order valence-corrected chi connectivity index (χ3v) is 5.53. The van der Waals surface area contributed by atoms with Gasteiger partial charge in [-0.15, -0.1) is 0 Å². The highest BCUT2D eigenvalue weighted by Crippen LogP contribution is 2.25. The van der Waals surface area contributed by atoms with Gasteiger partial charge in [-0.2, -0.15) is 0 Å². The Kier molecular flexibility index (Phi) is 5.63. The van der Waals surface area contributed by atoms with Crippen molar-refractivity contribution in [1.82, 2.24) is 19.6 Å². The van der Waals surface area contributed by atoms with Gasteiger partial charge in [0.15, 0.2) is 0 Å². The molecule has 0 unspecified atom stereocenters. The first-order chi connectivity index (χ1) is 13.1. The number of nitro benzene ring substituents is 1. The normalized spacial score (nSPS) is 16.5. The minimum Gasteiger partial charge on any atom is -0.316 e. The average Bonchev–Trinajstić information content (AvgIpc) is 2.61. The fourth-order valence-corrected chi connectivity index (χ4v) is 3.91. The number of likely N-dealkylation sites (tertiary alicyclic amines) is 1. The van der Waals surface area contributed by atoms with Gasteiger partial charge < -0.3 is 9.97 Å². The lowest BCUT2D eigenvalue weighted by atomic mass is 9.96. The molecule has 11 nitrogen and oxygen atoms in total. The first kappa shape index (κ1) is 20.2. The summed E-state index contributed by atoms with van der Waals surface area (Å²) in [6, 6.07) is 2.62. The number of nitro groups is 1. The predicted octanol–water partition coefficient (Wildman–Crippen LogP) is -0.114. The van der Waals surface area contributed by atoms with E-state index in [0.717, 1.165) is 19.1 Å². The van der Waals surface area contributed by atoms with Gasteiger partial charge in [0, 0.05) is 25.2 Å². The van der Waals surface area contributed by atoms with Crippen LogP contribution in [0.5, 0.6) is 0 Å². The Morgan fingerprint density at radius 2 is 1.86 bits per heavy atom.